The maximum Gasteiger partial charge on any atom is 0.315 e. The summed E-state index contributed by atoms with van der Waals surface area (Å²) < 4.78 is 2.03. The van der Waals surface area contributed by atoms with Crippen LogP contribution >= 0.6 is 12.8 Å². The third-order valence-electron chi connectivity index (χ3n) is 2.89. The topological polar surface area (TPSA) is 44.4 Å². The van der Waals surface area contributed by atoms with Crippen LogP contribution in [0.3, 0.4) is 0 Å². The number of amides is 2. The maximum atomic E-state index is 11.1. The average molecular weight is 201 g/mol. The van der Waals surface area contributed by atoms with Gasteiger partial charge in [0.25, 0.3) is 0 Å². The smallest absolute Gasteiger partial charge is 0.315 e. The quantitative estimate of drug-likeness (QED) is 0.496. The van der Waals surface area contributed by atoms with E-state index in [-0.39, 0.29) is 11.6 Å². The highest BCUT2D eigenvalue weighted by Gasteiger charge is 2.38. The van der Waals surface area contributed by atoms with E-state index in [2.05, 4.69) is 23.4 Å². The number of thiol groups is 1. The average Bonchev–Trinajstić information content (AvgIpc) is 2.35. The lowest BCUT2D eigenvalue weighted by Gasteiger charge is -2.25. The number of hydrogen-bond acceptors (Lipinski definition) is 3. The Hall–Kier alpha value is -0.420. The number of carbonyl (C=O) groups is 1. The number of hydrogen-bond donors (Lipinski definition) is 3. The lowest BCUT2D eigenvalue weighted by atomic mass is 9.92. The van der Waals surface area contributed by atoms with Gasteiger partial charge in [0.2, 0.25) is 0 Å². The first kappa shape index (κ1) is 9.15. The second kappa shape index (κ2) is 3.38. The molecule has 0 saturated carbocycles. The molecule has 2 aliphatic heterocycles. The van der Waals surface area contributed by atoms with E-state index in [0.717, 1.165) is 38.9 Å². The van der Waals surface area contributed by atoms with Crippen LogP contribution in [0.4, 0.5) is 4.79 Å². The van der Waals surface area contributed by atoms with Crippen LogP contribution in [0.5, 0.6) is 0 Å². The molecule has 2 rings (SSSR count). The molecule has 0 aliphatic carbocycles. The van der Waals surface area contributed by atoms with Gasteiger partial charge in [-0.25, -0.2) is 4.79 Å². The van der Waals surface area contributed by atoms with Gasteiger partial charge in [0, 0.05) is 19.6 Å². The van der Waals surface area contributed by atoms with E-state index in [1.165, 1.54) is 0 Å². The van der Waals surface area contributed by atoms with Crippen molar-refractivity contribution >= 4 is 18.8 Å². The van der Waals surface area contributed by atoms with E-state index < -0.39 is 0 Å². The van der Waals surface area contributed by atoms with E-state index in [9.17, 15) is 4.79 Å². The van der Waals surface area contributed by atoms with E-state index in [0.29, 0.717) is 0 Å². The highest BCUT2D eigenvalue weighted by atomic mass is 32.1. The second-order valence-electron chi connectivity index (χ2n) is 3.90. The monoisotopic (exact) mass is 201 g/mol. The lowest BCUT2D eigenvalue weighted by molar-refractivity contribution is 0.242. The number of urea groups is 1. The Kier molecular flexibility index (Phi) is 2.38. The fourth-order valence-corrected chi connectivity index (χ4v) is 2.30. The van der Waals surface area contributed by atoms with Crippen molar-refractivity contribution in [2.45, 2.75) is 24.8 Å². The molecular weight excluding hydrogens is 186 g/mol. The molecule has 2 heterocycles. The van der Waals surface area contributed by atoms with Gasteiger partial charge in [-0.3, -0.25) is 4.31 Å². The van der Waals surface area contributed by atoms with Gasteiger partial charge in [0.05, 0.1) is 5.54 Å². The SMILES string of the molecule is O=C1NCC2(CCCN(S)CC2)N1. The van der Waals surface area contributed by atoms with Crippen LogP contribution < -0.4 is 10.6 Å². The van der Waals surface area contributed by atoms with Gasteiger partial charge in [-0.15, -0.1) is 0 Å². The Morgan fingerprint density at radius 2 is 2.23 bits per heavy atom. The molecule has 2 fully saturated rings. The third kappa shape index (κ3) is 1.91. The van der Waals surface area contributed by atoms with Gasteiger partial charge in [-0.2, -0.15) is 0 Å². The van der Waals surface area contributed by atoms with Crippen molar-refractivity contribution in [2.75, 3.05) is 19.6 Å². The van der Waals surface area contributed by atoms with Crippen molar-refractivity contribution in [3.63, 3.8) is 0 Å². The molecule has 0 aromatic carbocycles. The molecule has 0 bridgehead atoms. The van der Waals surface area contributed by atoms with Crippen LogP contribution in [0.15, 0.2) is 0 Å². The first-order chi connectivity index (χ1) is 6.20. The van der Waals surface area contributed by atoms with Crippen molar-refractivity contribution in [3.05, 3.63) is 0 Å². The standard InChI is InChI=1S/C8H15N3OS/c12-7-9-6-8(10-7)2-1-4-11(13)5-3-8/h13H,1-6H2,(H2,9,10,12). The van der Waals surface area contributed by atoms with E-state index in [1.807, 2.05) is 4.31 Å². The summed E-state index contributed by atoms with van der Waals surface area (Å²) in [5.41, 5.74) is 0.00850. The maximum absolute atomic E-state index is 11.1. The van der Waals surface area contributed by atoms with Crippen LogP contribution in [0, 0.1) is 0 Å². The summed E-state index contributed by atoms with van der Waals surface area (Å²) in [6.45, 7) is 2.74. The van der Waals surface area contributed by atoms with Gasteiger partial charge >= 0.3 is 6.03 Å². The van der Waals surface area contributed by atoms with Gasteiger partial charge in [0.1, 0.15) is 0 Å². The molecule has 13 heavy (non-hydrogen) atoms. The zero-order valence-corrected chi connectivity index (χ0v) is 8.44. The summed E-state index contributed by atoms with van der Waals surface area (Å²) in [4.78, 5) is 11.1. The van der Waals surface area contributed by atoms with Gasteiger partial charge < -0.3 is 10.6 Å². The number of nitrogens with one attached hydrogen (secondary N) is 2. The molecule has 0 radical (unpaired) electrons. The third-order valence-corrected chi connectivity index (χ3v) is 3.29. The Bertz CT molecular complexity index is 223. The van der Waals surface area contributed by atoms with Crippen molar-refractivity contribution < 1.29 is 4.79 Å². The van der Waals surface area contributed by atoms with Gasteiger partial charge in [0.15, 0.2) is 0 Å². The number of rotatable bonds is 0. The van der Waals surface area contributed by atoms with Crippen LogP contribution in [-0.2, 0) is 0 Å². The fourth-order valence-electron chi connectivity index (χ4n) is 2.06. The summed E-state index contributed by atoms with van der Waals surface area (Å²) in [6.07, 6.45) is 3.16. The summed E-state index contributed by atoms with van der Waals surface area (Å²) in [7, 11) is 0. The molecule has 2 N–H and O–H groups in total. The molecule has 74 valence electrons. The highest BCUT2D eigenvalue weighted by molar-refractivity contribution is 7.77. The summed E-state index contributed by atoms with van der Waals surface area (Å²) in [5.74, 6) is 0. The van der Waals surface area contributed by atoms with Gasteiger partial charge in [-0.1, -0.05) is 12.8 Å². The predicted octanol–water partition coefficient (Wildman–Crippen LogP) is 0.369. The zero-order chi connectivity index (χ0) is 9.31. The van der Waals surface area contributed by atoms with Crippen LogP contribution in [-0.4, -0.2) is 35.5 Å². The molecule has 1 atom stereocenters. The minimum Gasteiger partial charge on any atom is -0.336 e. The van der Waals surface area contributed by atoms with Crippen molar-refractivity contribution in [2.24, 2.45) is 0 Å². The summed E-state index contributed by atoms with van der Waals surface area (Å²) in [5, 5.41) is 5.85. The molecule has 4 nitrogen and oxygen atoms in total. The highest BCUT2D eigenvalue weighted by Crippen LogP contribution is 2.24. The first-order valence-corrected chi connectivity index (χ1v) is 5.10. The van der Waals surface area contributed by atoms with Gasteiger partial charge in [-0.05, 0) is 19.3 Å². The van der Waals surface area contributed by atoms with Crippen molar-refractivity contribution in [3.8, 4) is 0 Å². The van der Waals surface area contributed by atoms with E-state index >= 15 is 0 Å². The van der Waals surface area contributed by atoms with Crippen LogP contribution in [0.2, 0.25) is 0 Å². The normalized spacial score (nSPS) is 35.6. The Labute approximate surface area is 83.6 Å². The first-order valence-electron chi connectivity index (χ1n) is 4.70. The summed E-state index contributed by atoms with van der Waals surface area (Å²) >= 11 is 4.33. The van der Waals surface area contributed by atoms with Crippen LogP contribution in [0.25, 0.3) is 0 Å². The molecule has 1 unspecified atom stereocenters. The second-order valence-corrected chi connectivity index (χ2v) is 4.46. The van der Waals surface area contributed by atoms with E-state index in [4.69, 9.17) is 0 Å². The minimum absolute atomic E-state index is 0.00850. The molecule has 0 aromatic rings. The minimum atomic E-state index is -0.0207. The number of nitrogens with zero attached hydrogens (tertiary/aromatic N) is 1. The molecule has 2 aliphatic rings. The Balaban J connectivity index is 2.02. The van der Waals surface area contributed by atoms with Crippen molar-refractivity contribution in [1.82, 2.24) is 14.9 Å². The fraction of sp³-hybridized carbons (Fsp3) is 0.875. The molecule has 2 amide bonds. The summed E-state index contributed by atoms with van der Waals surface area (Å²) in [6, 6.07) is -0.0207. The zero-order valence-electron chi connectivity index (χ0n) is 7.55. The van der Waals surface area contributed by atoms with E-state index in [1.54, 1.807) is 0 Å². The van der Waals surface area contributed by atoms with Crippen LogP contribution in [0.1, 0.15) is 19.3 Å². The van der Waals surface area contributed by atoms with Crippen molar-refractivity contribution in [1.29, 1.82) is 0 Å². The Morgan fingerprint density at radius 1 is 1.38 bits per heavy atom. The lowest BCUT2D eigenvalue weighted by Crippen LogP contribution is -2.43. The molecule has 1 spiro atoms. The Morgan fingerprint density at radius 3 is 2.92 bits per heavy atom. The molecular formula is C8H15N3OS. The molecule has 5 heteroatoms. The number of carbonyl (C=O) groups excluding carboxylic acids is 1. The molecule has 2 saturated heterocycles. The largest absolute Gasteiger partial charge is 0.336 e. The predicted molar refractivity (Wildman–Crippen MR) is 53.7 cm³/mol. The molecule has 0 aromatic heterocycles.